The molecule has 0 spiro atoms. The molecule has 6 nitrogen and oxygen atoms in total. The third-order valence-electron chi connectivity index (χ3n) is 3.98. The minimum Gasteiger partial charge on any atom is -0.373 e. The summed E-state index contributed by atoms with van der Waals surface area (Å²) in [5, 5.41) is 6.37. The Morgan fingerprint density at radius 3 is 3.15 bits per heavy atom. The molecule has 1 aromatic rings. The highest BCUT2D eigenvalue weighted by Gasteiger charge is 2.32. The van der Waals surface area contributed by atoms with E-state index in [0.717, 1.165) is 35.8 Å². The van der Waals surface area contributed by atoms with E-state index in [1.165, 1.54) is 19.4 Å². The van der Waals surface area contributed by atoms with Crippen molar-refractivity contribution >= 4 is 27.6 Å². The molecular weight excluding hydrogens is 322 g/mol. The van der Waals surface area contributed by atoms with Gasteiger partial charge in [-0.1, -0.05) is 0 Å². The van der Waals surface area contributed by atoms with Gasteiger partial charge in [0, 0.05) is 26.2 Å². The summed E-state index contributed by atoms with van der Waals surface area (Å²) in [6.45, 7) is 3.85. The van der Waals surface area contributed by atoms with E-state index < -0.39 is 0 Å². The predicted octanol–water partition coefficient (Wildman–Crippen LogP) is 1.56. The van der Waals surface area contributed by atoms with Gasteiger partial charge in [-0.2, -0.15) is 0 Å². The zero-order valence-electron chi connectivity index (χ0n) is 11.6. The summed E-state index contributed by atoms with van der Waals surface area (Å²) in [6, 6.07) is 0.646. The van der Waals surface area contributed by atoms with Crippen LogP contribution in [0.5, 0.6) is 0 Å². The van der Waals surface area contributed by atoms with Crippen LogP contribution in [0, 0.1) is 0 Å². The summed E-state index contributed by atoms with van der Waals surface area (Å²) >= 11 is 3.51. The largest absolute Gasteiger partial charge is 0.373 e. The number of ether oxygens (including phenoxy) is 1. The van der Waals surface area contributed by atoms with Crippen molar-refractivity contribution in [1.82, 2.24) is 14.9 Å². The Bertz CT molecular complexity index is 472. The molecular formula is C13H20BrN5O. The van der Waals surface area contributed by atoms with E-state index in [-0.39, 0.29) is 6.10 Å². The fourth-order valence-electron chi connectivity index (χ4n) is 2.89. The first-order chi connectivity index (χ1) is 9.78. The van der Waals surface area contributed by atoms with E-state index in [1.54, 1.807) is 6.33 Å². The molecule has 0 aliphatic carbocycles. The van der Waals surface area contributed by atoms with Gasteiger partial charge in [0.2, 0.25) is 0 Å². The van der Waals surface area contributed by atoms with Gasteiger partial charge < -0.3 is 15.4 Å². The van der Waals surface area contributed by atoms with Crippen LogP contribution in [0.3, 0.4) is 0 Å². The van der Waals surface area contributed by atoms with E-state index in [4.69, 9.17) is 4.74 Å². The second-order valence-corrected chi connectivity index (χ2v) is 6.06. The van der Waals surface area contributed by atoms with Gasteiger partial charge in [-0.3, -0.25) is 4.90 Å². The van der Waals surface area contributed by atoms with Gasteiger partial charge in [-0.05, 0) is 35.3 Å². The van der Waals surface area contributed by atoms with Gasteiger partial charge in [-0.25, -0.2) is 9.97 Å². The Labute approximate surface area is 127 Å². The zero-order valence-corrected chi connectivity index (χ0v) is 13.2. The topological polar surface area (TPSA) is 62.3 Å². The van der Waals surface area contributed by atoms with Gasteiger partial charge >= 0.3 is 0 Å². The average molecular weight is 342 g/mol. The highest BCUT2D eigenvalue weighted by atomic mass is 79.9. The first-order valence-corrected chi connectivity index (χ1v) is 7.85. The molecule has 2 unspecified atom stereocenters. The lowest BCUT2D eigenvalue weighted by Gasteiger charge is -2.35. The third kappa shape index (κ3) is 2.89. The minimum atomic E-state index is 0.226. The second-order valence-electron chi connectivity index (χ2n) is 5.26. The molecule has 7 heteroatoms. The molecule has 2 N–H and O–H groups in total. The van der Waals surface area contributed by atoms with Crippen LogP contribution in [0.15, 0.2) is 10.8 Å². The van der Waals surface area contributed by atoms with E-state index in [9.17, 15) is 0 Å². The van der Waals surface area contributed by atoms with E-state index >= 15 is 0 Å². The van der Waals surface area contributed by atoms with E-state index in [1.807, 2.05) is 7.05 Å². The summed E-state index contributed by atoms with van der Waals surface area (Å²) in [6.07, 6.45) is 4.36. The first kappa shape index (κ1) is 14.0. The van der Waals surface area contributed by atoms with E-state index in [0.29, 0.717) is 6.04 Å². The standard InChI is InChI=1S/C13H20BrN5O/c1-15-12-11(14)13(18-8-17-12)16-5-10-6-19-4-2-3-9(19)7-20-10/h8-10H,2-7H2,1H3,(H2,15,16,17,18). The molecule has 0 aromatic carbocycles. The van der Waals surface area contributed by atoms with Crippen molar-refractivity contribution in [3.63, 3.8) is 0 Å². The summed E-state index contributed by atoms with van der Waals surface area (Å²) in [4.78, 5) is 11.0. The molecule has 2 aliphatic rings. The quantitative estimate of drug-likeness (QED) is 0.866. The van der Waals surface area contributed by atoms with Crippen LogP contribution < -0.4 is 10.6 Å². The second kappa shape index (κ2) is 6.24. The molecule has 0 saturated carbocycles. The maximum atomic E-state index is 5.93. The molecule has 0 bridgehead atoms. The number of aromatic nitrogens is 2. The predicted molar refractivity (Wildman–Crippen MR) is 82.1 cm³/mol. The summed E-state index contributed by atoms with van der Waals surface area (Å²) in [7, 11) is 1.84. The summed E-state index contributed by atoms with van der Waals surface area (Å²) in [5.74, 6) is 1.59. The van der Waals surface area contributed by atoms with E-state index in [2.05, 4.69) is 41.4 Å². The third-order valence-corrected chi connectivity index (χ3v) is 4.74. The van der Waals surface area contributed by atoms with Crippen molar-refractivity contribution in [1.29, 1.82) is 0 Å². The van der Waals surface area contributed by atoms with Crippen LogP contribution in [0.25, 0.3) is 0 Å². The van der Waals surface area contributed by atoms with Crippen LogP contribution in [0.2, 0.25) is 0 Å². The van der Waals surface area contributed by atoms with Crippen LogP contribution in [0.4, 0.5) is 11.6 Å². The maximum absolute atomic E-state index is 5.93. The summed E-state index contributed by atoms with van der Waals surface area (Å²) < 4.78 is 6.79. The van der Waals surface area contributed by atoms with Gasteiger partial charge in [-0.15, -0.1) is 0 Å². The lowest BCUT2D eigenvalue weighted by atomic mass is 10.2. The van der Waals surface area contributed by atoms with Crippen molar-refractivity contribution in [2.24, 2.45) is 0 Å². The Balaban J connectivity index is 1.57. The molecule has 110 valence electrons. The van der Waals surface area contributed by atoms with Crippen molar-refractivity contribution in [3.8, 4) is 0 Å². The van der Waals surface area contributed by atoms with Gasteiger partial charge in [0.1, 0.15) is 22.4 Å². The molecule has 3 heterocycles. The van der Waals surface area contributed by atoms with Crippen molar-refractivity contribution < 1.29 is 4.74 Å². The van der Waals surface area contributed by atoms with Gasteiger partial charge in [0.25, 0.3) is 0 Å². The van der Waals surface area contributed by atoms with Crippen molar-refractivity contribution in [2.45, 2.75) is 25.0 Å². The number of morpholine rings is 1. The molecule has 2 saturated heterocycles. The monoisotopic (exact) mass is 341 g/mol. The number of rotatable bonds is 4. The highest BCUT2D eigenvalue weighted by Crippen LogP contribution is 2.27. The number of nitrogens with one attached hydrogen (secondary N) is 2. The Kier molecular flexibility index (Phi) is 4.38. The van der Waals surface area contributed by atoms with Crippen LogP contribution in [0.1, 0.15) is 12.8 Å². The number of hydrogen-bond donors (Lipinski definition) is 2. The number of anilines is 2. The summed E-state index contributed by atoms with van der Waals surface area (Å²) in [5.41, 5.74) is 0. The van der Waals surface area contributed by atoms with Crippen LogP contribution in [-0.2, 0) is 4.74 Å². The highest BCUT2D eigenvalue weighted by molar-refractivity contribution is 9.10. The van der Waals surface area contributed by atoms with Crippen molar-refractivity contribution in [3.05, 3.63) is 10.8 Å². The molecule has 0 amide bonds. The van der Waals surface area contributed by atoms with Crippen LogP contribution in [-0.4, -0.2) is 60.3 Å². The Morgan fingerprint density at radius 1 is 1.45 bits per heavy atom. The normalized spacial score (nSPS) is 26.3. The SMILES string of the molecule is CNc1ncnc(NCC2CN3CCCC3CO2)c1Br. The molecule has 0 radical (unpaired) electrons. The average Bonchev–Trinajstić information content (AvgIpc) is 2.93. The fraction of sp³-hybridized carbons (Fsp3) is 0.692. The smallest absolute Gasteiger partial charge is 0.146 e. The number of fused-ring (bicyclic) bond motifs is 1. The van der Waals surface area contributed by atoms with Gasteiger partial charge in [0.15, 0.2) is 0 Å². The lowest BCUT2D eigenvalue weighted by molar-refractivity contribution is -0.0416. The Morgan fingerprint density at radius 2 is 2.30 bits per heavy atom. The molecule has 2 aliphatic heterocycles. The minimum absolute atomic E-state index is 0.226. The molecule has 2 atom stereocenters. The number of hydrogen-bond acceptors (Lipinski definition) is 6. The lowest BCUT2D eigenvalue weighted by Crippen LogP contribution is -2.48. The number of halogens is 1. The molecule has 3 rings (SSSR count). The van der Waals surface area contributed by atoms with Crippen molar-refractivity contribution in [2.75, 3.05) is 43.9 Å². The molecule has 2 fully saturated rings. The first-order valence-electron chi connectivity index (χ1n) is 7.05. The van der Waals surface area contributed by atoms with Gasteiger partial charge in [0.05, 0.1) is 12.7 Å². The maximum Gasteiger partial charge on any atom is 0.146 e. The zero-order chi connectivity index (χ0) is 13.9. The molecule has 20 heavy (non-hydrogen) atoms. The van der Waals surface area contributed by atoms with Crippen LogP contribution >= 0.6 is 15.9 Å². The fourth-order valence-corrected chi connectivity index (χ4v) is 3.43. The number of nitrogens with zero attached hydrogens (tertiary/aromatic N) is 3. The molecule has 1 aromatic heterocycles. The Hall–Kier alpha value is -0.920.